The molecule has 1 aliphatic rings. The largest absolute Gasteiger partial charge is 0.495 e. The fourth-order valence-electron chi connectivity index (χ4n) is 5.64. The topological polar surface area (TPSA) is 45.6 Å². The molecule has 8 heteroatoms. The Morgan fingerprint density at radius 2 is 1.72 bits per heavy atom. The summed E-state index contributed by atoms with van der Waals surface area (Å²) in [5, 5.41) is 4.72. The van der Waals surface area contributed by atoms with E-state index in [1.807, 2.05) is 42.6 Å². The minimum absolute atomic E-state index is 0.133. The molecule has 202 valence electrons. The molecule has 1 saturated heterocycles. The molecule has 2 atom stereocenters. The van der Waals surface area contributed by atoms with Crippen LogP contribution >= 0.6 is 23.8 Å². The van der Waals surface area contributed by atoms with Gasteiger partial charge in [-0.15, -0.1) is 0 Å². The second kappa shape index (κ2) is 11.3. The number of aromatic nitrogens is 2. The van der Waals surface area contributed by atoms with Crippen LogP contribution in [0.3, 0.4) is 0 Å². The molecule has 1 N–H and O–H groups in total. The van der Waals surface area contributed by atoms with Gasteiger partial charge in [0.05, 0.1) is 29.9 Å². The summed E-state index contributed by atoms with van der Waals surface area (Å²) in [6.45, 7) is 10.7. The molecule has 6 nitrogen and oxygen atoms in total. The zero-order valence-corrected chi connectivity index (χ0v) is 24.6. The number of thiocarbonyl (C=S) groups is 1. The van der Waals surface area contributed by atoms with Crippen LogP contribution < -0.4 is 19.9 Å². The third-order valence-corrected chi connectivity index (χ3v) is 8.15. The van der Waals surface area contributed by atoms with Crippen molar-refractivity contribution in [3.8, 4) is 11.4 Å². The molecule has 0 aliphatic carbocycles. The smallest absolute Gasteiger partial charge is 0.174 e. The van der Waals surface area contributed by atoms with E-state index in [0.29, 0.717) is 15.9 Å². The molecule has 39 heavy (non-hydrogen) atoms. The molecule has 3 heterocycles. The first kappa shape index (κ1) is 27.0. The molecule has 0 spiro atoms. The van der Waals surface area contributed by atoms with E-state index in [2.05, 4.69) is 77.7 Å². The molecule has 2 aromatic carbocycles. The SMILES string of the molecule is CCN(CC)c1ccc(-n2c(C)cc([C@@H]3[C@@H](c4ccccn4)NC(=S)N3c3ccc(OC)c(Cl)c3)c2C)cc1. The van der Waals surface area contributed by atoms with Gasteiger partial charge in [0.15, 0.2) is 5.11 Å². The highest BCUT2D eigenvalue weighted by molar-refractivity contribution is 7.80. The summed E-state index contributed by atoms with van der Waals surface area (Å²) in [7, 11) is 1.62. The number of nitrogens with zero attached hydrogens (tertiary/aromatic N) is 4. The van der Waals surface area contributed by atoms with Gasteiger partial charge in [-0.3, -0.25) is 4.98 Å². The van der Waals surface area contributed by atoms with E-state index in [-0.39, 0.29) is 12.1 Å². The molecule has 0 amide bonds. The number of aryl methyl sites for hydroxylation is 1. The summed E-state index contributed by atoms with van der Waals surface area (Å²) in [4.78, 5) is 9.20. The predicted molar refractivity (Wildman–Crippen MR) is 165 cm³/mol. The second-order valence-corrected chi connectivity index (χ2v) is 10.5. The van der Waals surface area contributed by atoms with E-state index < -0.39 is 0 Å². The van der Waals surface area contributed by atoms with Crippen LogP contribution in [-0.4, -0.2) is 34.9 Å². The van der Waals surface area contributed by atoms with Gasteiger partial charge in [-0.1, -0.05) is 17.7 Å². The summed E-state index contributed by atoms with van der Waals surface area (Å²) in [6, 6.07) is 22.6. The Bertz CT molecular complexity index is 1470. The van der Waals surface area contributed by atoms with Crippen LogP contribution in [0.1, 0.15) is 48.6 Å². The zero-order chi connectivity index (χ0) is 27.7. The molecule has 1 aliphatic heterocycles. The lowest BCUT2D eigenvalue weighted by atomic mass is 9.96. The van der Waals surface area contributed by atoms with Crippen LogP contribution in [0.2, 0.25) is 5.02 Å². The number of benzene rings is 2. The zero-order valence-electron chi connectivity index (χ0n) is 23.0. The number of hydrogen-bond acceptors (Lipinski definition) is 4. The van der Waals surface area contributed by atoms with Crippen molar-refractivity contribution in [2.24, 2.45) is 0 Å². The Kier molecular flexibility index (Phi) is 7.82. The molecular weight excluding hydrogens is 526 g/mol. The minimum Gasteiger partial charge on any atom is -0.495 e. The average Bonchev–Trinajstić information content (AvgIpc) is 3.45. The average molecular weight is 560 g/mol. The third kappa shape index (κ3) is 4.97. The number of nitrogens with one attached hydrogen (secondary N) is 1. The Labute approximate surface area is 241 Å². The molecule has 5 rings (SSSR count). The van der Waals surface area contributed by atoms with Gasteiger partial charge in [-0.05, 0) is 106 Å². The van der Waals surface area contributed by atoms with Gasteiger partial charge in [0.25, 0.3) is 0 Å². The van der Waals surface area contributed by atoms with E-state index >= 15 is 0 Å². The van der Waals surface area contributed by atoms with E-state index in [4.69, 9.17) is 33.5 Å². The first-order chi connectivity index (χ1) is 18.9. The van der Waals surface area contributed by atoms with Crippen molar-refractivity contribution in [1.82, 2.24) is 14.9 Å². The summed E-state index contributed by atoms with van der Waals surface area (Å²) in [6.07, 6.45) is 1.82. The molecule has 2 aromatic heterocycles. The lowest BCUT2D eigenvalue weighted by molar-refractivity contribution is 0.415. The number of rotatable bonds is 8. The van der Waals surface area contributed by atoms with Crippen molar-refractivity contribution in [1.29, 1.82) is 0 Å². The van der Waals surface area contributed by atoms with Crippen molar-refractivity contribution < 1.29 is 4.74 Å². The Hall–Kier alpha value is -3.55. The molecule has 4 aromatic rings. The molecule has 1 fully saturated rings. The number of hydrogen-bond donors (Lipinski definition) is 1. The number of ether oxygens (including phenoxy) is 1. The number of pyridine rings is 1. The standard InChI is InChI=1S/C31H34ClN5OS/c1-6-35(7-2)22-11-13-23(14-12-22)36-20(3)18-25(21(36)4)30-29(27-10-8-9-17-33-27)34-31(39)37(30)24-15-16-28(38-5)26(32)19-24/h8-19,29-30H,6-7H2,1-5H3,(H,34,39)/t29-,30-/m1/s1. The van der Waals surface area contributed by atoms with Gasteiger partial charge in [-0.25, -0.2) is 0 Å². The summed E-state index contributed by atoms with van der Waals surface area (Å²) < 4.78 is 7.72. The van der Waals surface area contributed by atoms with Crippen LogP contribution in [0, 0.1) is 13.8 Å². The maximum absolute atomic E-state index is 6.56. The number of anilines is 2. The maximum Gasteiger partial charge on any atom is 0.174 e. The molecular formula is C31H34ClN5OS. The quantitative estimate of drug-likeness (QED) is 0.231. The van der Waals surface area contributed by atoms with E-state index in [0.717, 1.165) is 41.5 Å². The maximum atomic E-state index is 6.56. The van der Waals surface area contributed by atoms with Crippen molar-refractivity contribution >= 4 is 40.3 Å². The van der Waals surface area contributed by atoms with Crippen LogP contribution in [0.5, 0.6) is 5.75 Å². The Morgan fingerprint density at radius 3 is 2.33 bits per heavy atom. The van der Waals surface area contributed by atoms with E-state index in [1.54, 1.807) is 7.11 Å². The van der Waals surface area contributed by atoms with Crippen molar-refractivity contribution in [3.63, 3.8) is 0 Å². The molecule has 0 saturated carbocycles. The van der Waals surface area contributed by atoms with Crippen molar-refractivity contribution in [2.75, 3.05) is 30.0 Å². The van der Waals surface area contributed by atoms with Gasteiger partial charge in [0.2, 0.25) is 0 Å². The highest BCUT2D eigenvalue weighted by atomic mass is 35.5. The lowest BCUT2D eigenvalue weighted by Gasteiger charge is -2.28. The first-order valence-electron chi connectivity index (χ1n) is 13.3. The lowest BCUT2D eigenvalue weighted by Crippen LogP contribution is -2.29. The Balaban J connectivity index is 1.62. The van der Waals surface area contributed by atoms with Crippen LogP contribution in [0.15, 0.2) is 72.9 Å². The normalized spacial score (nSPS) is 16.9. The molecule has 0 unspecified atom stereocenters. The van der Waals surface area contributed by atoms with E-state index in [1.165, 1.54) is 11.3 Å². The fourth-order valence-corrected chi connectivity index (χ4v) is 6.24. The number of methoxy groups -OCH3 is 1. The van der Waals surface area contributed by atoms with Gasteiger partial charge in [0, 0.05) is 47.7 Å². The summed E-state index contributed by atoms with van der Waals surface area (Å²) in [5.41, 5.74) is 7.68. The first-order valence-corrected chi connectivity index (χ1v) is 14.0. The molecule has 0 bridgehead atoms. The second-order valence-electron chi connectivity index (χ2n) is 9.67. The fraction of sp³-hybridized carbons (Fsp3) is 0.290. The van der Waals surface area contributed by atoms with Crippen molar-refractivity contribution in [2.45, 2.75) is 39.8 Å². The van der Waals surface area contributed by atoms with Gasteiger partial charge in [0.1, 0.15) is 5.75 Å². The third-order valence-electron chi connectivity index (χ3n) is 7.54. The predicted octanol–water partition coefficient (Wildman–Crippen LogP) is 7.17. The highest BCUT2D eigenvalue weighted by Gasteiger charge is 2.42. The number of halogens is 1. The van der Waals surface area contributed by atoms with Crippen molar-refractivity contribution in [3.05, 3.63) is 101 Å². The minimum atomic E-state index is -0.140. The van der Waals surface area contributed by atoms with Gasteiger partial charge in [-0.2, -0.15) is 0 Å². The van der Waals surface area contributed by atoms with Crippen LogP contribution in [0.25, 0.3) is 5.69 Å². The molecule has 0 radical (unpaired) electrons. The van der Waals surface area contributed by atoms with E-state index in [9.17, 15) is 0 Å². The van der Waals surface area contributed by atoms with Crippen LogP contribution in [0.4, 0.5) is 11.4 Å². The summed E-state index contributed by atoms with van der Waals surface area (Å²) in [5.74, 6) is 0.627. The van der Waals surface area contributed by atoms with Crippen LogP contribution in [-0.2, 0) is 0 Å². The summed E-state index contributed by atoms with van der Waals surface area (Å²) >= 11 is 12.5. The van der Waals surface area contributed by atoms with Gasteiger partial charge >= 0.3 is 0 Å². The monoisotopic (exact) mass is 559 g/mol. The Morgan fingerprint density at radius 1 is 1.00 bits per heavy atom. The van der Waals surface area contributed by atoms with Gasteiger partial charge < -0.3 is 24.4 Å². The highest BCUT2D eigenvalue weighted by Crippen LogP contribution is 2.45.